The van der Waals surface area contributed by atoms with E-state index in [1.165, 1.54) is 40.8 Å². The molecule has 0 radical (unpaired) electrons. The van der Waals surface area contributed by atoms with Gasteiger partial charge in [0.25, 0.3) is 0 Å². The maximum absolute atomic E-state index is 6.05. The first-order valence-electron chi connectivity index (χ1n) is 11.9. The Morgan fingerprint density at radius 3 is 2.74 bits per heavy atom. The Kier molecular flexibility index (Phi) is 9.17. The van der Waals surface area contributed by atoms with Gasteiger partial charge in [0.1, 0.15) is 6.23 Å². The third-order valence-electron chi connectivity index (χ3n) is 6.12. The zero-order chi connectivity index (χ0) is 22.1. The van der Waals surface area contributed by atoms with Crippen molar-refractivity contribution in [2.75, 3.05) is 31.8 Å². The fourth-order valence-electron chi connectivity index (χ4n) is 4.18. The van der Waals surface area contributed by atoms with Crippen LogP contribution in [0.3, 0.4) is 0 Å². The summed E-state index contributed by atoms with van der Waals surface area (Å²) < 4.78 is 11.8. The van der Waals surface area contributed by atoms with Gasteiger partial charge >= 0.3 is 0 Å². The van der Waals surface area contributed by atoms with Gasteiger partial charge in [-0.25, -0.2) is 0 Å². The molecule has 0 aromatic heterocycles. The molecule has 1 saturated heterocycles. The van der Waals surface area contributed by atoms with Crippen molar-refractivity contribution < 1.29 is 9.47 Å². The normalized spacial score (nSPS) is 16.3. The van der Waals surface area contributed by atoms with Crippen LogP contribution in [0.15, 0.2) is 49.0 Å². The van der Waals surface area contributed by atoms with Gasteiger partial charge in [0, 0.05) is 38.1 Å². The van der Waals surface area contributed by atoms with Gasteiger partial charge in [0.2, 0.25) is 0 Å². The minimum Gasteiger partial charge on any atom is -0.381 e. The van der Waals surface area contributed by atoms with E-state index in [9.17, 15) is 0 Å². The van der Waals surface area contributed by atoms with Gasteiger partial charge in [0.05, 0.1) is 0 Å². The zero-order valence-electron chi connectivity index (χ0n) is 19.7. The Morgan fingerprint density at radius 2 is 1.97 bits per heavy atom. The molecular weight excluding hydrogens is 382 g/mol. The molecule has 1 fully saturated rings. The summed E-state index contributed by atoms with van der Waals surface area (Å²) in [6.07, 6.45) is 8.02. The molecule has 1 heterocycles. The SMILES string of the molecule is C=C(c1cccc(CCCOCCCC)c1)c1cc(C)ccc1N(C)C1CCCCO1. The first-order chi connectivity index (χ1) is 15.1. The average Bonchev–Trinajstić information content (AvgIpc) is 2.81. The van der Waals surface area contributed by atoms with E-state index in [1.807, 2.05) is 0 Å². The van der Waals surface area contributed by atoms with Gasteiger partial charge in [-0.3, -0.25) is 0 Å². The van der Waals surface area contributed by atoms with Gasteiger partial charge in [-0.05, 0) is 74.3 Å². The Morgan fingerprint density at radius 1 is 1.13 bits per heavy atom. The van der Waals surface area contributed by atoms with Crippen LogP contribution in [-0.2, 0) is 15.9 Å². The fourth-order valence-corrected chi connectivity index (χ4v) is 4.18. The summed E-state index contributed by atoms with van der Waals surface area (Å²) in [5, 5.41) is 0. The largest absolute Gasteiger partial charge is 0.381 e. The number of anilines is 1. The summed E-state index contributed by atoms with van der Waals surface area (Å²) in [5.74, 6) is 0. The van der Waals surface area contributed by atoms with Crippen molar-refractivity contribution >= 4 is 11.3 Å². The highest BCUT2D eigenvalue weighted by Gasteiger charge is 2.22. The van der Waals surface area contributed by atoms with Crippen LogP contribution in [0.5, 0.6) is 0 Å². The molecule has 0 bridgehead atoms. The number of aryl methyl sites for hydroxylation is 2. The summed E-state index contributed by atoms with van der Waals surface area (Å²) in [5.41, 5.74) is 7.24. The second kappa shape index (κ2) is 12.1. The molecule has 2 aromatic rings. The van der Waals surface area contributed by atoms with Gasteiger partial charge in [-0.15, -0.1) is 0 Å². The highest BCUT2D eigenvalue weighted by atomic mass is 16.5. The molecular formula is C28H39NO2. The molecule has 1 aliphatic rings. The molecule has 2 aromatic carbocycles. The van der Waals surface area contributed by atoms with E-state index >= 15 is 0 Å². The van der Waals surface area contributed by atoms with Crippen molar-refractivity contribution in [1.82, 2.24) is 0 Å². The number of rotatable bonds is 11. The maximum Gasteiger partial charge on any atom is 0.129 e. The van der Waals surface area contributed by atoms with Crippen molar-refractivity contribution in [2.45, 2.75) is 65.0 Å². The average molecular weight is 422 g/mol. The second-order valence-corrected chi connectivity index (χ2v) is 8.70. The lowest BCUT2D eigenvalue weighted by atomic mass is 9.94. The first-order valence-corrected chi connectivity index (χ1v) is 11.9. The van der Waals surface area contributed by atoms with Crippen LogP contribution in [0.4, 0.5) is 5.69 Å². The maximum atomic E-state index is 6.05. The molecule has 3 heteroatoms. The highest BCUT2D eigenvalue weighted by molar-refractivity contribution is 5.85. The minimum absolute atomic E-state index is 0.141. The molecule has 168 valence electrons. The van der Waals surface area contributed by atoms with Crippen LogP contribution in [0.2, 0.25) is 0 Å². The predicted octanol–water partition coefficient (Wildman–Crippen LogP) is 6.77. The smallest absolute Gasteiger partial charge is 0.129 e. The summed E-state index contributed by atoms with van der Waals surface area (Å²) in [6, 6.07) is 15.5. The van der Waals surface area contributed by atoms with Gasteiger partial charge in [0.15, 0.2) is 0 Å². The standard InChI is InChI=1S/C28H39NO2/c1-5-6-17-30-18-10-12-24-11-9-13-25(21-24)23(3)26-20-22(2)15-16-27(26)29(4)28-14-7-8-19-31-28/h9,11,13,15-16,20-21,28H,3,5-8,10,12,14,17-19H2,1-2,4H3. The lowest BCUT2D eigenvalue weighted by Crippen LogP contribution is -2.37. The quantitative estimate of drug-likeness (QED) is 0.374. The molecule has 0 amide bonds. The van der Waals surface area contributed by atoms with E-state index < -0.39 is 0 Å². The van der Waals surface area contributed by atoms with Crippen LogP contribution in [0, 0.1) is 6.92 Å². The summed E-state index contributed by atoms with van der Waals surface area (Å²) in [7, 11) is 2.15. The number of hydrogen-bond donors (Lipinski definition) is 0. The second-order valence-electron chi connectivity index (χ2n) is 8.70. The van der Waals surface area contributed by atoms with Crippen molar-refractivity contribution in [3.63, 3.8) is 0 Å². The minimum atomic E-state index is 0.141. The topological polar surface area (TPSA) is 21.7 Å². The lowest BCUT2D eigenvalue weighted by molar-refractivity contribution is 0.0174. The first kappa shape index (κ1) is 23.6. The molecule has 0 N–H and O–H groups in total. The van der Waals surface area contributed by atoms with E-state index in [0.29, 0.717) is 0 Å². The van der Waals surface area contributed by atoms with Crippen molar-refractivity contribution in [2.24, 2.45) is 0 Å². The van der Waals surface area contributed by atoms with Gasteiger partial charge in [-0.2, -0.15) is 0 Å². The third kappa shape index (κ3) is 6.69. The van der Waals surface area contributed by atoms with Crippen LogP contribution >= 0.6 is 0 Å². The molecule has 0 saturated carbocycles. The number of unbranched alkanes of at least 4 members (excludes halogenated alkanes) is 1. The third-order valence-corrected chi connectivity index (χ3v) is 6.12. The van der Waals surface area contributed by atoms with Crippen LogP contribution < -0.4 is 4.90 Å². The van der Waals surface area contributed by atoms with Crippen LogP contribution in [0.1, 0.15) is 67.7 Å². The number of benzene rings is 2. The van der Waals surface area contributed by atoms with E-state index in [4.69, 9.17) is 9.47 Å². The monoisotopic (exact) mass is 421 g/mol. The van der Waals surface area contributed by atoms with E-state index in [1.54, 1.807) is 0 Å². The van der Waals surface area contributed by atoms with E-state index in [-0.39, 0.29) is 6.23 Å². The number of nitrogens with zero attached hydrogens (tertiary/aromatic N) is 1. The van der Waals surface area contributed by atoms with Gasteiger partial charge < -0.3 is 14.4 Å². The fraction of sp³-hybridized carbons (Fsp3) is 0.500. The molecule has 3 rings (SSSR count). The van der Waals surface area contributed by atoms with Crippen LogP contribution in [-0.4, -0.2) is 33.1 Å². The molecule has 1 atom stereocenters. The zero-order valence-corrected chi connectivity index (χ0v) is 19.7. The van der Waals surface area contributed by atoms with Crippen molar-refractivity contribution in [3.8, 4) is 0 Å². The molecule has 1 aliphatic heterocycles. The number of ether oxygens (including phenoxy) is 2. The predicted molar refractivity (Wildman–Crippen MR) is 132 cm³/mol. The van der Waals surface area contributed by atoms with E-state index in [0.717, 1.165) is 57.5 Å². The summed E-state index contributed by atoms with van der Waals surface area (Å²) in [4.78, 5) is 2.29. The Bertz CT molecular complexity index is 839. The van der Waals surface area contributed by atoms with E-state index in [2.05, 4.69) is 74.8 Å². The molecule has 3 nitrogen and oxygen atoms in total. The molecule has 31 heavy (non-hydrogen) atoms. The summed E-state index contributed by atoms with van der Waals surface area (Å²) in [6.45, 7) is 11.4. The Labute approximate surface area is 189 Å². The molecule has 1 unspecified atom stereocenters. The Balaban J connectivity index is 1.72. The van der Waals surface area contributed by atoms with Crippen molar-refractivity contribution in [1.29, 1.82) is 0 Å². The van der Waals surface area contributed by atoms with Gasteiger partial charge in [-0.1, -0.05) is 55.8 Å². The molecule has 0 spiro atoms. The summed E-state index contributed by atoms with van der Waals surface area (Å²) >= 11 is 0. The lowest BCUT2D eigenvalue weighted by Gasteiger charge is -2.34. The highest BCUT2D eigenvalue weighted by Crippen LogP contribution is 2.34. The Hall–Kier alpha value is -2.10. The number of hydrogen-bond acceptors (Lipinski definition) is 3. The molecule has 0 aliphatic carbocycles. The van der Waals surface area contributed by atoms with Crippen molar-refractivity contribution in [3.05, 3.63) is 71.3 Å². The van der Waals surface area contributed by atoms with Crippen LogP contribution in [0.25, 0.3) is 5.57 Å².